The first kappa shape index (κ1) is 11.0. The molecule has 1 heterocycles. The van der Waals surface area contributed by atoms with Crippen molar-refractivity contribution in [3.05, 3.63) is 32.8 Å². The molecule has 0 saturated carbocycles. The van der Waals surface area contributed by atoms with E-state index in [1.807, 2.05) is 11.4 Å². The molecule has 1 rings (SSSR count). The largest absolute Gasteiger partial charge is 0.390 e. The standard InChI is InChI=1S/C8H11N3O2S/c9-11-10-4-3-6(12)8(13)7-2-1-5-14-7/h1-2,5-6,8,12-13H,3-4H2. The molecule has 0 amide bonds. The van der Waals surface area contributed by atoms with Gasteiger partial charge in [-0.1, -0.05) is 11.2 Å². The number of hydrogen-bond donors (Lipinski definition) is 2. The molecular formula is C8H11N3O2S. The van der Waals surface area contributed by atoms with E-state index >= 15 is 0 Å². The zero-order chi connectivity index (χ0) is 10.4. The Morgan fingerprint density at radius 2 is 2.36 bits per heavy atom. The molecule has 0 spiro atoms. The second kappa shape index (κ2) is 5.62. The molecule has 5 nitrogen and oxygen atoms in total. The van der Waals surface area contributed by atoms with Gasteiger partial charge in [0.25, 0.3) is 0 Å². The number of aliphatic hydroxyl groups excluding tert-OH is 2. The van der Waals surface area contributed by atoms with Gasteiger partial charge in [-0.25, -0.2) is 0 Å². The van der Waals surface area contributed by atoms with Crippen LogP contribution in [0.1, 0.15) is 17.4 Å². The predicted octanol–water partition coefficient (Wildman–Crippen LogP) is 1.84. The molecule has 1 aromatic heterocycles. The summed E-state index contributed by atoms with van der Waals surface area (Å²) in [4.78, 5) is 3.29. The fourth-order valence-electron chi connectivity index (χ4n) is 1.04. The second-order valence-electron chi connectivity index (χ2n) is 2.77. The van der Waals surface area contributed by atoms with E-state index in [2.05, 4.69) is 10.0 Å². The monoisotopic (exact) mass is 213 g/mol. The number of aliphatic hydroxyl groups is 2. The summed E-state index contributed by atoms with van der Waals surface area (Å²) in [6.45, 7) is 0.195. The van der Waals surface area contributed by atoms with Crippen LogP contribution in [0.2, 0.25) is 0 Å². The summed E-state index contributed by atoms with van der Waals surface area (Å²) in [6.07, 6.45) is -1.49. The van der Waals surface area contributed by atoms with Crippen molar-refractivity contribution in [3.8, 4) is 0 Å². The van der Waals surface area contributed by atoms with Crippen LogP contribution in [-0.2, 0) is 0 Å². The van der Waals surface area contributed by atoms with Crippen LogP contribution in [0.25, 0.3) is 10.4 Å². The number of rotatable bonds is 5. The average Bonchev–Trinajstić information content (AvgIpc) is 2.69. The molecule has 0 radical (unpaired) electrons. The van der Waals surface area contributed by atoms with Crippen molar-refractivity contribution in [2.24, 2.45) is 5.11 Å². The molecule has 1 aromatic rings. The molecule has 2 unspecified atom stereocenters. The number of hydrogen-bond acceptors (Lipinski definition) is 4. The van der Waals surface area contributed by atoms with Crippen molar-refractivity contribution < 1.29 is 10.2 Å². The van der Waals surface area contributed by atoms with E-state index in [0.29, 0.717) is 0 Å². The molecule has 0 aliphatic heterocycles. The Morgan fingerprint density at radius 3 is 2.93 bits per heavy atom. The lowest BCUT2D eigenvalue weighted by Crippen LogP contribution is -2.18. The van der Waals surface area contributed by atoms with Crippen molar-refractivity contribution in [2.45, 2.75) is 18.6 Å². The van der Waals surface area contributed by atoms with E-state index in [9.17, 15) is 10.2 Å². The van der Waals surface area contributed by atoms with Crippen LogP contribution in [0.4, 0.5) is 0 Å². The normalized spacial score (nSPS) is 14.4. The van der Waals surface area contributed by atoms with Gasteiger partial charge in [-0.3, -0.25) is 0 Å². The summed E-state index contributed by atoms with van der Waals surface area (Å²) in [5, 5.41) is 24.2. The van der Waals surface area contributed by atoms with E-state index in [1.165, 1.54) is 11.3 Å². The number of thiophene rings is 1. The van der Waals surface area contributed by atoms with Crippen molar-refractivity contribution in [1.29, 1.82) is 0 Å². The molecule has 0 aromatic carbocycles. The van der Waals surface area contributed by atoms with Crippen molar-refractivity contribution >= 4 is 11.3 Å². The quantitative estimate of drug-likeness (QED) is 0.444. The third-order valence-corrected chi connectivity index (χ3v) is 2.73. The van der Waals surface area contributed by atoms with Crippen LogP contribution < -0.4 is 0 Å². The Hall–Kier alpha value is -1.07. The highest BCUT2D eigenvalue weighted by Crippen LogP contribution is 2.23. The van der Waals surface area contributed by atoms with Crippen molar-refractivity contribution in [2.75, 3.05) is 6.54 Å². The molecule has 0 aliphatic rings. The number of nitrogens with zero attached hydrogens (tertiary/aromatic N) is 3. The first-order chi connectivity index (χ1) is 6.75. The maximum atomic E-state index is 9.60. The van der Waals surface area contributed by atoms with Gasteiger partial charge in [-0.2, -0.15) is 0 Å². The van der Waals surface area contributed by atoms with E-state index in [-0.39, 0.29) is 13.0 Å². The van der Waals surface area contributed by atoms with Crippen LogP contribution in [0, 0.1) is 0 Å². The number of azide groups is 1. The third kappa shape index (κ3) is 3.01. The SMILES string of the molecule is [N-]=[N+]=NCCC(O)C(O)c1cccs1. The van der Waals surface area contributed by atoms with Crippen LogP contribution in [0.5, 0.6) is 0 Å². The van der Waals surface area contributed by atoms with E-state index < -0.39 is 12.2 Å². The molecule has 76 valence electrons. The molecule has 0 bridgehead atoms. The predicted molar refractivity (Wildman–Crippen MR) is 53.9 cm³/mol. The highest BCUT2D eigenvalue weighted by atomic mass is 32.1. The summed E-state index contributed by atoms with van der Waals surface area (Å²) in [5.74, 6) is 0. The summed E-state index contributed by atoms with van der Waals surface area (Å²) in [6, 6.07) is 3.56. The Kier molecular flexibility index (Phi) is 4.42. The maximum absolute atomic E-state index is 9.60. The average molecular weight is 213 g/mol. The second-order valence-corrected chi connectivity index (χ2v) is 3.75. The van der Waals surface area contributed by atoms with Crippen LogP contribution in [0.15, 0.2) is 22.6 Å². The zero-order valence-electron chi connectivity index (χ0n) is 7.45. The Bertz CT molecular complexity index is 308. The molecule has 0 aliphatic carbocycles. The Labute approximate surface area is 85.3 Å². The summed E-state index contributed by atoms with van der Waals surface area (Å²) >= 11 is 1.39. The summed E-state index contributed by atoms with van der Waals surface area (Å²) in [7, 11) is 0. The zero-order valence-corrected chi connectivity index (χ0v) is 8.26. The summed E-state index contributed by atoms with van der Waals surface area (Å²) in [5.41, 5.74) is 8.02. The summed E-state index contributed by atoms with van der Waals surface area (Å²) < 4.78 is 0. The van der Waals surface area contributed by atoms with Gasteiger partial charge in [-0.05, 0) is 23.4 Å². The maximum Gasteiger partial charge on any atom is 0.114 e. The van der Waals surface area contributed by atoms with E-state index in [0.717, 1.165) is 4.88 Å². The van der Waals surface area contributed by atoms with Gasteiger partial charge in [0.15, 0.2) is 0 Å². The van der Waals surface area contributed by atoms with Gasteiger partial charge in [0, 0.05) is 16.3 Å². The lowest BCUT2D eigenvalue weighted by Gasteiger charge is -2.14. The van der Waals surface area contributed by atoms with Crippen molar-refractivity contribution in [1.82, 2.24) is 0 Å². The van der Waals surface area contributed by atoms with Crippen molar-refractivity contribution in [3.63, 3.8) is 0 Å². The highest BCUT2D eigenvalue weighted by Gasteiger charge is 2.18. The molecule has 2 N–H and O–H groups in total. The molecule has 14 heavy (non-hydrogen) atoms. The Morgan fingerprint density at radius 1 is 1.57 bits per heavy atom. The first-order valence-corrected chi connectivity index (χ1v) is 5.04. The third-order valence-electron chi connectivity index (χ3n) is 1.79. The van der Waals surface area contributed by atoms with Gasteiger partial charge >= 0.3 is 0 Å². The Balaban J connectivity index is 2.44. The van der Waals surface area contributed by atoms with Gasteiger partial charge in [-0.15, -0.1) is 11.3 Å². The molecule has 6 heteroatoms. The van der Waals surface area contributed by atoms with Crippen LogP contribution in [0.3, 0.4) is 0 Å². The molecule has 0 fully saturated rings. The highest BCUT2D eigenvalue weighted by molar-refractivity contribution is 7.10. The lowest BCUT2D eigenvalue weighted by molar-refractivity contribution is 0.0172. The van der Waals surface area contributed by atoms with E-state index in [1.54, 1.807) is 6.07 Å². The molecular weight excluding hydrogens is 202 g/mol. The smallest absolute Gasteiger partial charge is 0.114 e. The van der Waals surface area contributed by atoms with Crippen LogP contribution >= 0.6 is 11.3 Å². The van der Waals surface area contributed by atoms with Gasteiger partial charge in [0.05, 0.1) is 6.10 Å². The minimum Gasteiger partial charge on any atom is -0.390 e. The van der Waals surface area contributed by atoms with Gasteiger partial charge in [0.1, 0.15) is 6.10 Å². The fraction of sp³-hybridized carbons (Fsp3) is 0.500. The molecule has 2 atom stereocenters. The van der Waals surface area contributed by atoms with Crippen LogP contribution in [-0.4, -0.2) is 22.9 Å². The first-order valence-electron chi connectivity index (χ1n) is 4.16. The minimum atomic E-state index is -0.885. The van der Waals surface area contributed by atoms with E-state index in [4.69, 9.17) is 5.53 Å². The van der Waals surface area contributed by atoms with Gasteiger partial charge in [0.2, 0.25) is 0 Å². The molecule has 0 saturated heterocycles. The topological polar surface area (TPSA) is 89.2 Å². The fourth-order valence-corrected chi connectivity index (χ4v) is 1.81. The lowest BCUT2D eigenvalue weighted by atomic mass is 10.1. The minimum absolute atomic E-state index is 0.195. The van der Waals surface area contributed by atoms with Gasteiger partial charge < -0.3 is 10.2 Å².